The van der Waals surface area contributed by atoms with E-state index in [1.165, 1.54) is 6.08 Å². The minimum Gasteiger partial charge on any atom is -0.429 e. The molecule has 0 aromatic rings. The lowest BCUT2D eigenvalue weighted by Crippen LogP contribution is -2.25. The lowest BCUT2D eigenvalue weighted by molar-refractivity contribution is -0.176. The Morgan fingerprint density at radius 2 is 1.33 bits per heavy atom. The lowest BCUT2D eigenvalue weighted by atomic mass is 10.1. The van der Waals surface area contributed by atoms with Gasteiger partial charge in [-0.15, -0.1) is 0 Å². The summed E-state index contributed by atoms with van der Waals surface area (Å²) >= 11 is 4.36. The fraction of sp³-hybridized carbons (Fsp3) is 0.368. The maximum absolute atomic E-state index is 14.8. The van der Waals surface area contributed by atoms with Gasteiger partial charge in [0.1, 0.15) is 5.76 Å². The molecule has 0 saturated carbocycles. The summed E-state index contributed by atoms with van der Waals surface area (Å²) in [5.41, 5.74) is 1.83. The van der Waals surface area contributed by atoms with Crippen molar-refractivity contribution in [3.8, 4) is 0 Å². The molecule has 0 saturated heterocycles. The number of ether oxygens (including phenoxy) is 1. The van der Waals surface area contributed by atoms with Crippen LogP contribution in [0.3, 0.4) is 0 Å². The number of hydrogen-bond acceptors (Lipinski definition) is 1. The summed E-state index contributed by atoms with van der Waals surface area (Å²) in [6.07, 6.45) is 10.3. The van der Waals surface area contributed by atoms with E-state index in [4.69, 9.17) is 4.74 Å². The standard InChI is InChI=1S/C19H20F2I2O/c1-13-5-7-15(11-17(3,22)9-13)19(20,21)24-16-8-6-14(2)10-18(4,23)12-16/h5-12H,1-4H3. The highest BCUT2D eigenvalue weighted by Gasteiger charge is 2.38. The Morgan fingerprint density at radius 1 is 0.833 bits per heavy atom. The summed E-state index contributed by atoms with van der Waals surface area (Å²) in [6.45, 7) is 7.68. The maximum atomic E-state index is 14.8. The van der Waals surface area contributed by atoms with Crippen LogP contribution in [0.4, 0.5) is 8.78 Å². The number of allylic oxidation sites excluding steroid dienone is 9. The van der Waals surface area contributed by atoms with E-state index in [1.54, 1.807) is 30.4 Å². The highest BCUT2D eigenvalue weighted by Crippen LogP contribution is 2.38. The molecule has 0 radical (unpaired) electrons. The molecule has 0 bridgehead atoms. The molecule has 2 rings (SSSR count). The van der Waals surface area contributed by atoms with Crippen LogP contribution in [0.2, 0.25) is 0 Å². The van der Waals surface area contributed by atoms with Gasteiger partial charge in [0.15, 0.2) is 0 Å². The maximum Gasteiger partial charge on any atom is 0.426 e. The van der Waals surface area contributed by atoms with Gasteiger partial charge in [-0.3, -0.25) is 0 Å². The molecule has 0 heterocycles. The van der Waals surface area contributed by atoms with Gasteiger partial charge < -0.3 is 4.74 Å². The van der Waals surface area contributed by atoms with E-state index in [1.807, 2.05) is 39.8 Å². The van der Waals surface area contributed by atoms with E-state index in [2.05, 4.69) is 45.2 Å². The molecule has 130 valence electrons. The Balaban J connectivity index is 2.32. The average molecular weight is 556 g/mol. The van der Waals surface area contributed by atoms with E-state index >= 15 is 0 Å². The highest BCUT2D eigenvalue weighted by molar-refractivity contribution is 14.1. The number of rotatable bonds is 3. The molecule has 0 aromatic heterocycles. The van der Waals surface area contributed by atoms with Gasteiger partial charge in [0.25, 0.3) is 0 Å². The Hall–Kier alpha value is -0.440. The van der Waals surface area contributed by atoms with Gasteiger partial charge in [-0.1, -0.05) is 86.7 Å². The summed E-state index contributed by atoms with van der Waals surface area (Å²) in [4.78, 5) is 0. The molecule has 5 heteroatoms. The smallest absolute Gasteiger partial charge is 0.426 e. The summed E-state index contributed by atoms with van der Waals surface area (Å²) in [7, 11) is 0. The van der Waals surface area contributed by atoms with Crippen LogP contribution in [0.15, 0.2) is 71.1 Å². The first-order valence-electron chi connectivity index (χ1n) is 7.54. The topological polar surface area (TPSA) is 9.23 Å². The third-order valence-corrected chi connectivity index (χ3v) is 4.75. The third kappa shape index (κ3) is 5.54. The Labute approximate surface area is 169 Å². The Bertz CT molecular complexity index is 705. The van der Waals surface area contributed by atoms with Gasteiger partial charge in [-0.05, 0) is 45.9 Å². The van der Waals surface area contributed by atoms with Crippen LogP contribution < -0.4 is 0 Å². The normalized spacial score (nSPS) is 30.7. The van der Waals surface area contributed by atoms with Gasteiger partial charge in [-0.2, -0.15) is 8.78 Å². The van der Waals surface area contributed by atoms with Crippen LogP contribution in [0.25, 0.3) is 0 Å². The summed E-state index contributed by atoms with van der Waals surface area (Å²) in [5, 5.41) is 0. The molecule has 1 nitrogen and oxygen atoms in total. The van der Waals surface area contributed by atoms with Gasteiger partial charge in [0.2, 0.25) is 0 Å². The van der Waals surface area contributed by atoms with Crippen molar-refractivity contribution in [3.05, 3.63) is 71.1 Å². The van der Waals surface area contributed by atoms with Crippen LogP contribution in [-0.2, 0) is 4.74 Å². The van der Waals surface area contributed by atoms with Crippen molar-refractivity contribution < 1.29 is 13.5 Å². The van der Waals surface area contributed by atoms with Crippen LogP contribution in [0.1, 0.15) is 27.7 Å². The molecule has 0 aromatic carbocycles. The fourth-order valence-corrected chi connectivity index (χ4v) is 4.26. The Morgan fingerprint density at radius 3 is 1.92 bits per heavy atom. The van der Waals surface area contributed by atoms with Crippen molar-refractivity contribution in [1.29, 1.82) is 0 Å². The third-order valence-electron chi connectivity index (χ3n) is 3.50. The summed E-state index contributed by atoms with van der Waals surface area (Å²) in [6, 6.07) is 0. The predicted octanol–water partition coefficient (Wildman–Crippen LogP) is 6.83. The quantitative estimate of drug-likeness (QED) is 0.274. The number of halogens is 4. The van der Waals surface area contributed by atoms with Crippen molar-refractivity contribution in [3.63, 3.8) is 0 Å². The lowest BCUT2D eigenvalue weighted by Gasteiger charge is -2.23. The molecule has 0 amide bonds. The number of alkyl halides is 4. The molecule has 2 aliphatic carbocycles. The zero-order chi connectivity index (χ0) is 18.2. The van der Waals surface area contributed by atoms with Gasteiger partial charge >= 0.3 is 6.11 Å². The predicted molar refractivity (Wildman–Crippen MR) is 113 cm³/mol. The minimum absolute atomic E-state index is 0.133. The van der Waals surface area contributed by atoms with Crippen LogP contribution in [-0.4, -0.2) is 13.0 Å². The van der Waals surface area contributed by atoms with E-state index < -0.39 is 9.53 Å². The van der Waals surface area contributed by atoms with Crippen LogP contribution in [0, 0.1) is 0 Å². The summed E-state index contributed by atoms with van der Waals surface area (Å²) < 4.78 is 33.8. The first-order valence-corrected chi connectivity index (χ1v) is 9.70. The Kier molecular flexibility index (Phi) is 5.84. The second kappa shape index (κ2) is 7.05. The highest BCUT2D eigenvalue weighted by atomic mass is 127. The van der Waals surface area contributed by atoms with Crippen molar-refractivity contribution >= 4 is 45.2 Å². The monoisotopic (exact) mass is 556 g/mol. The molecule has 0 spiro atoms. The molecular formula is C19H20F2I2O. The zero-order valence-corrected chi connectivity index (χ0v) is 18.4. The van der Waals surface area contributed by atoms with Crippen molar-refractivity contribution in [2.45, 2.75) is 40.6 Å². The molecule has 0 fully saturated rings. The van der Waals surface area contributed by atoms with E-state index in [0.29, 0.717) is 0 Å². The minimum atomic E-state index is -3.40. The van der Waals surface area contributed by atoms with Crippen LogP contribution >= 0.6 is 45.2 Å². The van der Waals surface area contributed by atoms with Gasteiger partial charge in [0.05, 0.1) is 12.4 Å². The molecule has 2 atom stereocenters. The molecule has 2 aliphatic rings. The SMILES string of the molecule is CC1=CC(C)(I)C=C(OC(F)(F)C2=CC(C)(I)C=C(C)C=C2)C=C1. The molecule has 0 aliphatic heterocycles. The average Bonchev–Trinajstić information content (AvgIpc) is 2.59. The zero-order valence-electron chi connectivity index (χ0n) is 14.0. The van der Waals surface area contributed by atoms with Crippen molar-refractivity contribution in [2.75, 3.05) is 0 Å². The number of hydrogen-bond donors (Lipinski definition) is 0. The van der Waals surface area contributed by atoms with E-state index in [-0.39, 0.29) is 14.8 Å². The first kappa shape index (κ1) is 19.9. The van der Waals surface area contributed by atoms with E-state index in [0.717, 1.165) is 11.1 Å². The van der Waals surface area contributed by atoms with Gasteiger partial charge in [-0.25, -0.2) is 0 Å². The largest absolute Gasteiger partial charge is 0.429 e. The van der Waals surface area contributed by atoms with E-state index in [9.17, 15) is 8.78 Å². The second-order valence-corrected chi connectivity index (χ2v) is 11.2. The summed E-state index contributed by atoms with van der Waals surface area (Å²) in [5.74, 6) is 0.170. The van der Waals surface area contributed by atoms with Gasteiger partial charge in [0, 0.05) is 0 Å². The molecule has 2 unspecified atom stereocenters. The molecular weight excluding hydrogens is 536 g/mol. The first-order chi connectivity index (χ1) is 10.9. The molecule has 24 heavy (non-hydrogen) atoms. The fourth-order valence-electron chi connectivity index (χ4n) is 2.63. The van der Waals surface area contributed by atoms with Crippen molar-refractivity contribution in [2.24, 2.45) is 0 Å². The molecule has 0 N–H and O–H groups in total. The van der Waals surface area contributed by atoms with Crippen molar-refractivity contribution in [1.82, 2.24) is 0 Å². The van der Waals surface area contributed by atoms with Crippen LogP contribution in [0.5, 0.6) is 0 Å². The second-order valence-electron chi connectivity index (χ2n) is 6.51.